The first-order chi connectivity index (χ1) is 6.18. The third-order valence-electron chi connectivity index (χ3n) is 2.16. The summed E-state index contributed by atoms with van der Waals surface area (Å²) in [6.07, 6.45) is 0. The minimum absolute atomic E-state index is 0.316. The van der Waals surface area contributed by atoms with E-state index in [4.69, 9.17) is 0 Å². The second-order valence-electron chi connectivity index (χ2n) is 3.28. The first-order valence-corrected chi connectivity index (χ1v) is 5.43. The summed E-state index contributed by atoms with van der Waals surface area (Å²) in [5, 5.41) is 0. The Labute approximate surface area is 80.2 Å². The second kappa shape index (κ2) is 3.35. The number of halogens is 3. The minimum Gasteiger partial charge on any atom is -0.277 e. The Bertz CT molecular complexity index is 304. The normalized spacial score (nSPS) is 23.2. The highest BCUT2D eigenvalue weighted by atomic mass is 32.2. The van der Waals surface area contributed by atoms with Crippen LogP contribution in [0.4, 0.5) is 13.2 Å². The largest absolute Gasteiger partial charge is 0.500 e. The van der Waals surface area contributed by atoms with Gasteiger partial charge >= 0.3 is 5.51 Å². The van der Waals surface area contributed by atoms with Crippen molar-refractivity contribution in [2.45, 2.75) is 11.0 Å². The van der Waals surface area contributed by atoms with Crippen LogP contribution in [0, 0.1) is 0 Å². The lowest BCUT2D eigenvalue weighted by molar-refractivity contribution is -0.0474. The topological polar surface area (TPSA) is 40.6 Å². The number of hydrogen-bond donors (Lipinski definition) is 0. The fourth-order valence-electron chi connectivity index (χ4n) is 1.47. The van der Waals surface area contributed by atoms with Crippen molar-refractivity contribution in [1.82, 2.24) is 9.80 Å². The van der Waals surface area contributed by atoms with E-state index in [-0.39, 0.29) is 0 Å². The van der Waals surface area contributed by atoms with E-state index < -0.39 is 20.8 Å². The molecule has 0 bridgehead atoms. The molecule has 0 amide bonds. The van der Waals surface area contributed by atoms with Gasteiger partial charge in [-0.3, -0.25) is 9.80 Å². The van der Waals surface area contributed by atoms with Crippen LogP contribution in [0.1, 0.15) is 0 Å². The molecular weight excluding hydrogens is 221 g/mol. The average molecular weight is 232 g/mol. The molecule has 0 aromatic carbocycles. The van der Waals surface area contributed by atoms with Crippen molar-refractivity contribution >= 4 is 9.84 Å². The van der Waals surface area contributed by atoms with Crippen LogP contribution in [0.5, 0.6) is 0 Å². The highest BCUT2D eigenvalue weighted by Gasteiger charge is 2.54. The predicted molar refractivity (Wildman–Crippen MR) is 44.0 cm³/mol. The first-order valence-electron chi connectivity index (χ1n) is 3.88. The number of rotatable bonds is 1. The molecular formula is C6H11F3N2O2S. The zero-order valence-electron chi connectivity index (χ0n) is 7.74. The summed E-state index contributed by atoms with van der Waals surface area (Å²) in [5.74, 6) is 0. The lowest BCUT2D eigenvalue weighted by Gasteiger charge is -2.25. The van der Waals surface area contributed by atoms with E-state index in [1.807, 2.05) is 0 Å². The fraction of sp³-hybridized carbons (Fsp3) is 1.00. The molecule has 14 heavy (non-hydrogen) atoms. The molecule has 1 fully saturated rings. The van der Waals surface area contributed by atoms with Gasteiger partial charge in [0, 0.05) is 13.1 Å². The van der Waals surface area contributed by atoms with E-state index in [1.54, 1.807) is 0 Å². The summed E-state index contributed by atoms with van der Waals surface area (Å²) in [6, 6.07) is 0. The molecule has 0 spiro atoms. The molecule has 0 atom stereocenters. The maximum Gasteiger partial charge on any atom is 0.500 e. The molecule has 1 aliphatic rings. The molecule has 0 aromatic heterocycles. The summed E-state index contributed by atoms with van der Waals surface area (Å²) in [7, 11) is -2.41. The van der Waals surface area contributed by atoms with Gasteiger partial charge in [-0.25, -0.2) is 8.42 Å². The van der Waals surface area contributed by atoms with Crippen LogP contribution in [-0.2, 0) is 9.84 Å². The van der Waals surface area contributed by atoms with Gasteiger partial charge < -0.3 is 0 Å². The number of hydrogen-bond acceptors (Lipinski definition) is 4. The minimum atomic E-state index is -5.19. The summed E-state index contributed by atoms with van der Waals surface area (Å²) in [5.41, 5.74) is -6.77. The summed E-state index contributed by atoms with van der Waals surface area (Å²) in [4.78, 5) is 2.34. The van der Waals surface area contributed by atoms with Gasteiger partial charge in [0.25, 0.3) is 9.84 Å². The van der Waals surface area contributed by atoms with Crippen molar-refractivity contribution in [2.75, 3.05) is 27.2 Å². The van der Waals surface area contributed by atoms with E-state index in [2.05, 4.69) is 0 Å². The summed E-state index contributed by atoms with van der Waals surface area (Å²) >= 11 is 0. The standard InChI is InChI=1S/C6H11F3N2O2S/c1-10-3-4-11(2)5(10)14(12,13)6(7,8)9/h5H,3-4H2,1-2H3. The molecule has 0 aromatic rings. The summed E-state index contributed by atoms with van der Waals surface area (Å²) < 4.78 is 58.7. The molecule has 0 saturated carbocycles. The smallest absolute Gasteiger partial charge is 0.277 e. The molecule has 0 N–H and O–H groups in total. The van der Waals surface area contributed by atoms with Gasteiger partial charge in [-0.2, -0.15) is 13.2 Å². The average Bonchev–Trinajstić information content (AvgIpc) is 2.28. The highest BCUT2D eigenvalue weighted by molar-refractivity contribution is 7.92. The van der Waals surface area contributed by atoms with Gasteiger partial charge in [-0.15, -0.1) is 0 Å². The highest BCUT2D eigenvalue weighted by Crippen LogP contribution is 2.31. The Morgan fingerprint density at radius 2 is 1.50 bits per heavy atom. The number of nitrogens with zero attached hydrogens (tertiary/aromatic N) is 2. The van der Waals surface area contributed by atoms with Crippen molar-refractivity contribution in [3.05, 3.63) is 0 Å². The van der Waals surface area contributed by atoms with Crippen LogP contribution in [0.15, 0.2) is 0 Å². The van der Waals surface area contributed by atoms with Crippen molar-refractivity contribution in [1.29, 1.82) is 0 Å². The van der Waals surface area contributed by atoms with Crippen LogP contribution in [-0.4, -0.2) is 56.4 Å². The van der Waals surface area contributed by atoms with Gasteiger partial charge in [0.2, 0.25) is 0 Å². The lowest BCUT2D eigenvalue weighted by atomic mass is 10.6. The maximum atomic E-state index is 12.2. The quantitative estimate of drug-likeness (QED) is 0.642. The van der Waals surface area contributed by atoms with Crippen LogP contribution < -0.4 is 0 Å². The molecule has 0 aliphatic carbocycles. The van der Waals surface area contributed by atoms with Crippen LogP contribution in [0.25, 0.3) is 0 Å². The predicted octanol–water partition coefficient (Wildman–Crippen LogP) is 0.0818. The Balaban J connectivity index is 3.04. The fourth-order valence-corrected chi connectivity index (χ4v) is 2.86. The van der Waals surface area contributed by atoms with Gasteiger partial charge in [0.15, 0.2) is 5.50 Å². The molecule has 1 aliphatic heterocycles. The van der Waals surface area contributed by atoms with Gasteiger partial charge in [-0.1, -0.05) is 0 Å². The van der Waals surface area contributed by atoms with Crippen molar-refractivity contribution in [2.24, 2.45) is 0 Å². The molecule has 4 nitrogen and oxygen atoms in total. The van der Waals surface area contributed by atoms with Crippen LogP contribution >= 0.6 is 0 Å². The zero-order chi connectivity index (χ0) is 11.1. The number of sulfone groups is 1. The van der Waals surface area contributed by atoms with Crippen molar-refractivity contribution < 1.29 is 21.6 Å². The van der Waals surface area contributed by atoms with E-state index >= 15 is 0 Å². The number of alkyl halides is 3. The monoisotopic (exact) mass is 232 g/mol. The molecule has 84 valence electrons. The Hall–Kier alpha value is -0.340. The van der Waals surface area contributed by atoms with Gasteiger partial charge in [0.1, 0.15) is 0 Å². The Morgan fingerprint density at radius 1 is 1.14 bits per heavy atom. The first kappa shape index (κ1) is 11.7. The SMILES string of the molecule is CN1CCN(C)C1S(=O)(=O)C(F)(F)F. The van der Waals surface area contributed by atoms with Crippen LogP contribution in [0.3, 0.4) is 0 Å². The molecule has 0 unspecified atom stereocenters. The molecule has 1 rings (SSSR count). The Kier molecular flexibility index (Phi) is 2.81. The Morgan fingerprint density at radius 3 is 1.79 bits per heavy atom. The van der Waals surface area contributed by atoms with E-state index in [0.717, 1.165) is 0 Å². The third-order valence-corrected chi connectivity index (χ3v) is 4.08. The maximum absolute atomic E-state index is 12.2. The number of likely N-dealkylation sites (N-methyl/N-ethyl adjacent to an activating group) is 2. The molecule has 1 heterocycles. The van der Waals surface area contributed by atoms with Gasteiger partial charge in [-0.05, 0) is 14.1 Å². The van der Waals surface area contributed by atoms with Crippen molar-refractivity contribution in [3.63, 3.8) is 0 Å². The third kappa shape index (κ3) is 1.73. The van der Waals surface area contributed by atoms with Crippen LogP contribution in [0.2, 0.25) is 0 Å². The molecule has 1 saturated heterocycles. The van der Waals surface area contributed by atoms with Crippen molar-refractivity contribution in [3.8, 4) is 0 Å². The van der Waals surface area contributed by atoms with E-state index in [1.165, 1.54) is 23.9 Å². The lowest BCUT2D eigenvalue weighted by Crippen LogP contribution is -2.47. The second-order valence-corrected chi connectivity index (χ2v) is 5.25. The van der Waals surface area contributed by atoms with E-state index in [9.17, 15) is 21.6 Å². The summed E-state index contributed by atoms with van der Waals surface area (Å²) in [6.45, 7) is 0.632. The molecule has 8 heteroatoms. The van der Waals surface area contributed by atoms with E-state index in [0.29, 0.717) is 13.1 Å². The zero-order valence-corrected chi connectivity index (χ0v) is 8.56. The molecule has 0 radical (unpaired) electrons. The van der Waals surface area contributed by atoms with Gasteiger partial charge in [0.05, 0.1) is 0 Å².